The summed E-state index contributed by atoms with van der Waals surface area (Å²) in [4.78, 5) is -0.317. The molecule has 20 heavy (non-hydrogen) atoms. The Bertz CT molecular complexity index is 595. The first-order chi connectivity index (χ1) is 9.23. The van der Waals surface area contributed by atoms with Crippen LogP contribution in [0, 0.1) is 0 Å². The van der Waals surface area contributed by atoms with Crippen LogP contribution in [0.2, 0.25) is 0 Å². The van der Waals surface area contributed by atoms with Gasteiger partial charge in [-0.05, 0) is 31.5 Å². The summed E-state index contributed by atoms with van der Waals surface area (Å²) in [6.45, 7) is 4.67. The van der Waals surface area contributed by atoms with Gasteiger partial charge < -0.3 is 9.47 Å². The minimum absolute atomic E-state index is 0.317. The van der Waals surface area contributed by atoms with Crippen LogP contribution in [-0.2, 0) is 9.84 Å². The van der Waals surface area contributed by atoms with Crippen LogP contribution in [0.25, 0.3) is 0 Å². The van der Waals surface area contributed by atoms with E-state index in [1.54, 1.807) is 13.8 Å². The molecule has 0 saturated carbocycles. The molecule has 1 aliphatic rings. The molecule has 112 valence electrons. The Morgan fingerprint density at radius 2 is 1.80 bits per heavy atom. The number of rotatable bonds is 3. The molecule has 6 heteroatoms. The second-order valence-corrected chi connectivity index (χ2v) is 9.01. The van der Waals surface area contributed by atoms with E-state index in [0.29, 0.717) is 24.7 Å². The van der Waals surface area contributed by atoms with Crippen LogP contribution in [-0.4, -0.2) is 32.6 Å². The molecular formula is C14H19BrO4S. The summed E-state index contributed by atoms with van der Waals surface area (Å²) in [6, 6.07) is 5.56. The lowest BCUT2D eigenvalue weighted by molar-refractivity contribution is 0.297. The van der Waals surface area contributed by atoms with Gasteiger partial charge >= 0.3 is 0 Å². The molecule has 2 rings (SSSR count). The van der Waals surface area contributed by atoms with Crippen LogP contribution in [0.4, 0.5) is 0 Å². The molecular weight excluding hydrogens is 344 g/mol. The van der Waals surface area contributed by atoms with Crippen molar-refractivity contribution in [3.8, 4) is 11.5 Å². The second kappa shape index (κ2) is 5.56. The number of hydrogen-bond donors (Lipinski definition) is 0. The molecule has 0 saturated heterocycles. The van der Waals surface area contributed by atoms with Gasteiger partial charge in [-0.2, -0.15) is 0 Å². The van der Waals surface area contributed by atoms with Crippen molar-refractivity contribution in [2.75, 3.05) is 19.5 Å². The fourth-order valence-electron chi connectivity index (χ4n) is 1.93. The zero-order chi connectivity index (χ0) is 15.0. The molecule has 4 nitrogen and oxygen atoms in total. The summed E-state index contributed by atoms with van der Waals surface area (Å²) in [5.41, 5.74) is 0.865. The summed E-state index contributed by atoms with van der Waals surface area (Å²) in [6.07, 6.45) is 2.10. The van der Waals surface area contributed by atoms with E-state index in [-0.39, 0.29) is 4.83 Å². The summed E-state index contributed by atoms with van der Waals surface area (Å²) in [7, 11) is -3.20. The summed E-state index contributed by atoms with van der Waals surface area (Å²) >= 11 is 3.52. The highest BCUT2D eigenvalue weighted by atomic mass is 79.9. The number of alkyl halides is 1. The Balaban J connectivity index is 2.37. The van der Waals surface area contributed by atoms with Crippen LogP contribution < -0.4 is 9.47 Å². The van der Waals surface area contributed by atoms with Crippen LogP contribution in [0.1, 0.15) is 30.7 Å². The van der Waals surface area contributed by atoms with E-state index in [1.165, 1.54) is 6.26 Å². The van der Waals surface area contributed by atoms with Gasteiger partial charge in [0.2, 0.25) is 0 Å². The predicted molar refractivity (Wildman–Crippen MR) is 82.6 cm³/mol. The van der Waals surface area contributed by atoms with E-state index < -0.39 is 14.6 Å². The Hall–Kier alpha value is -0.750. The monoisotopic (exact) mass is 362 g/mol. The molecule has 0 aliphatic carbocycles. The van der Waals surface area contributed by atoms with Crippen LogP contribution >= 0.6 is 15.9 Å². The van der Waals surface area contributed by atoms with E-state index in [4.69, 9.17) is 9.47 Å². The lowest BCUT2D eigenvalue weighted by Gasteiger charge is -2.29. The van der Waals surface area contributed by atoms with Gasteiger partial charge in [0.1, 0.15) is 0 Å². The maximum absolute atomic E-state index is 11.9. The molecule has 0 N–H and O–H groups in total. The summed E-state index contributed by atoms with van der Waals surface area (Å²) < 4.78 is 34.2. The zero-order valence-corrected chi connectivity index (χ0v) is 14.3. The molecule has 1 heterocycles. The summed E-state index contributed by atoms with van der Waals surface area (Å²) in [5, 5.41) is 0. The molecule has 1 atom stereocenters. The lowest BCUT2D eigenvalue weighted by atomic mass is 10.0. The third-order valence-electron chi connectivity index (χ3n) is 3.63. The van der Waals surface area contributed by atoms with E-state index >= 15 is 0 Å². The fraction of sp³-hybridized carbons (Fsp3) is 0.571. The van der Waals surface area contributed by atoms with Crippen molar-refractivity contribution in [3.05, 3.63) is 23.8 Å². The average molecular weight is 363 g/mol. The number of fused-ring (bicyclic) bond motifs is 1. The first-order valence-electron chi connectivity index (χ1n) is 6.46. The maximum atomic E-state index is 11.9. The number of hydrogen-bond acceptors (Lipinski definition) is 4. The highest BCUT2D eigenvalue weighted by Crippen LogP contribution is 2.42. The largest absolute Gasteiger partial charge is 0.490 e. The van der Waals surface area contributed by atoms with Gasteiger partial charge in [0, 0.05) is 12.7 Å². The topological polar surface area (TPSA) is 52.6 Å². The minimum atomic E-state index is -3.20. The number of sulfone groups is 1. The molecule has 1 aromatic rings. The molecule has 0 bridgehead atoms. The van der Waals surface area contributed by atoms with Crippen molar-refractivity contribution in [1.29, 1.82) is 0 Å². The van der Waals surface area contributed by atoms with Crippen LogP contribution in [0.5, 0.6) is 11.5 Å². The van der Waals surface area contributed by atoms with Crippen molar-refractivity contribution in [1.82, 2.24) is 0 Å². The van der Waals surface area contributed by atoms with Crippen molar-refractivity contribution in [2.24, 2.45) is 0 Å². The molecule has 1 aromatic carbocycles. The molecule has 0 amide bonds. The van der Waals surface area contributed by atoms with Crippen molar-refractivity contribution < 1.29 is 17.9 Å². The van der Waals surface area contributed by atoms with E-state index in [9.17, 15) is 8.42 Å². The van der Waals surface area contributed by atoms with Gasteiger partial charge in [-0.3, -0.25) is 0 Å². The highest BCUT2D eigenvalue weighted by Gasteiger charge is 2.38. The third kappa shape index (κ3) is 2.96. The minimum Gasteiger partial charge on any atom is -0.490 e. The zero-order valence-electron chi connectivity index (χ0n) is 11.8. The predicted octanol–water partition coefficient (Wildman–Crippen LogP) is 3.11. The fourth-order valence-corrected chi connectivity index (χ4v) is 3.74. The van der Waals surface area contributed by atoms with E-state index in [0.717, 1.165) is 12.0 Å². The Labute approximate surface area is 128 Å². The molecule has 0 spiro atoms. The maximum Gasteiger partial charge on any atom is 0.161 e. The van der Waals surface area contributed by atoms with Crippen molar-refractivity contribution in [2.45, 2.75) is 29.8 Å². The molecule has 0 radical (unpaired) electrons. The summed E-state index contributed by atoms with van der Waals surface area (Å²) in [5.74, 6) is 1.39. The van der Waals surface area contributed by atoms with Crippen molar-refractivity contribution >= 4 is 25.8 Å². The highest BCUT2D eigenvalue weighted by molar-refractivity contribution is 9.09. The smallest absolute Gasteiger partial charge is 0.161 e. The van der Waals surface area contributed by atoms with Crippen LogP contribution in [0.3, 0.4) is 0 Å². The third-order valence-corrected chi connectivity index (χ3v) is 7.75. The lowest BCUT2D eigenvalue weighted by Crippen LogP contribution is -2.35. The normalized spacial score (nSPS) is 17.4. The Morgan fingerprint density at radius 3 is 2.40 bits per heavy atom. The molecule has 1 unspecified atom stereocenters. The quantitative estimate of drug-likeness (QED) is 0.775. The Morgan fingerprint density at radius 1 is 1.20 bits per heavy atom. The average Bonchev–Trinajstić information content (AvgIpc) is 2.60. The van der Waals surface area contributed by atoms with Gasteiger partial charge in [0.15, 0.2) is 21.3 Å². The van der Waals surface area contributed by atoms with E-state index in [2.05, 4.69) is 15.9 Å². The Kier molecular flexibility index (Phi) is 4.35. The SMILES string of the molecule is CC(C)(C(Br)c1ccc2c(c1)OCCCO2)S(C)(=O)=O. The number of halogens is 1. The van der Waals surface area contributed by atoms with Crippen LogP contribution in [0.15, 0.2) is 18.2 Å². The first kappa shape index (κ1) is 15.6. The van der Waals surface area contributed by atoms with E-state index in [1.807, 2.05) is 18.2 Å². The second-order valence-electron chi connectivity index (χ2n) is 5.49. The van der Waals surface area contributed by atoms with Gasteiger partial charge in [-0.1, -0.05) is 22.0 Å². The van der Waals surface area contributed by atoms with Gasteiger partial charge in [0.25, 0.3) is 0 Å². The standard InChI is InChI=1S/C14H19BrO4S/c1-14(2,20(3,16)17)13(15)10-5-6-11-12(9-10)19-8-4-7-18-11/h5-6,9,13H,4,7-8H2,1-3H3. The van der Waals surface area contributed by atoms with Gasteiger partial charge in [-0.15, -0.1) is 0 Å². The number of ether oxygens (including phenoxy) is 2. The van der Waals surface area contributed by atoms with Gasteiger partial charge in [0.05, 0.1) is 22.8 Å². The molecule has 0 aromatic heterocycles. The first-order valence-corrected chi connectivity index (χ1v) is 9.27. The molecule has 0 fully saturated rings. The molecule has 1 aliphatic heterocycles. The van der Waals surface area contributed by atoms with Gasteiger partial charge in [-0.25, -0.2) is 8.42 Å². The van der Waals surface area contributed by atoms with Crippen molar-refractivity contribution in [3.63, 3.8) is 0 Å². The number of benzene rings is 1.